The number of aromatic nitrogens is 3. The number of pyridine rings is 1. The maximum atomic E-state index is 12.8. The molecule has 3 aromatic rings. The molecule has 30 heavy (non-hydrogen) atoms. The van der Waals surface area contributed by atoms with Gasteiger partial charge in [0.05, 0.1) is 12.1 Å². The summed E-state index contributed by atoms with van der Waals surface area (Å²) < 4.78 is 38.8. The zero-order chi connectivity index (χ0) is 21.9. The quantitative estimate of drug-likeness (QED) is 0.491. The summed E-state index contributed by atoms with van der Waals surface area (Å²) in [6.45, 7) is 3.97. The summed E-state index contributed by atoms with van der Waals surface area (Å²) in [6, 6.07) is 7.86. The lowest BCUT2D eigenvalue weighted by Crippen LogP contribution is -2.16. The van der Waals surface area contributed by atoms with Gasteiger partial charge in [-0.3, -0.25) is 4.72 Å². The standard InChI is InChI=1S/C19H18Cl2N4O4S/c1-11(2)12-4-7-16(22-9-12)30(26,27)25-19-17(18(21)23-10-24-19)29-15-8-13(28-3)5-6-14(15)20/h4-11H,1-3H3,(H,23,24,25). The lowest BCUT2D eigenvalue weighted by atomic mass is 10.1. The highest BCUT2D eigenvalue weighted by Gasteiger charge is 2.22. The Morgan fingerprint density at radius 2 is 1.83 bits per heavy atom. The number of ether oxygens (including phenoxy) is 2. The molecule has 11 heteroatoms. The highest BCUT2D eigenvalue weighted by molar-refractivity contribution is 7.92. The van der Waals surface area contributed by atoms with Crippen LogP contribution in [0.1, 0.15) is 25.3 Å². The summed E-state index contributed by atoms with van der Waals surface area (Å²) in [5, 5.41) is -0.0211. The van der Waals surface area contributed by atoms with Crippen molar-refractivity contribution in [2.45, 2.75) is 24.8 Å². The minimum absolute atomic E-state index is 0.107. The van der Waals surface area contributed by atoms with E-state index in [1.54, 1.807) is 18.2 Å². The van der Waals surface area contributed by atoms with Gasteiger partial charge in [0.2, 0.25) is 5.75 Å². The first-order valence-corrected chi connectivity index (χ1v) is 11.0. The second-order valence-corrected chi connectivity index (χ2v) is 8.83. The van der Waals surface area contributed by atoms with Crippen molar-refractivity contribution >= 4 is 39.0 Å². The van der Waals surface area contributed by atoms with E-state index in [9.17, 15) is 8.42 Å². The number of methoxy groups -OCH3 is 1. The summed E-state index contributed by atoms with van der Waals surface area (Å²) in [5.74, 6) is 0.613. The smallest absolute Gasteiger partial charge is 0.280 e. The van der Waals surface area contributed by atoms with E-state index >= 15 is 0 Å². The monoisotopic (exact) mass is 468 g/mol. The van der Waals surface area contributed by atoms with Crippen LogP contribution in [-0.4, -0.2) is 30.5 Å². The van der Waals surface area contributed by atoms with E-state index in [4.69, 9.17) is 32.7 Å². The molecule has 0 amide bonds. The number of hydrogen-bond acceptors (Lipinski definition) is 7. The molecule has 0 saturated carbocycles. The number of hydrogen-bond donors (Lipinski definition) is 1. The fourth-order valence-electron chi connectivity index (χ4n) is 2.39. The Hall–Kier alpha value is -2.62. The molecule has 0 saturated heterocycles. The Kier molecular flexibility index (Phi) is 6.64. The lowest BCUT2D eigenvalue weighted by molar-refractivity contribution is 0.409. The first kappa shape index (κ1) is 22.1. The van der Waals surface area contributed by atoms with Crippen molar-refractivity contribution in [3.63, 3.8) is 0 Å². The van der Waals surface area contributed by atoms with Gasteiger partial charge in [0, 0.05) is 12.3 Å². The normalized spacial score (nSPS) is 11.4. The highest BCUT2D eigenvalue weighted by atomic mass is 35.5. The number of nitrogens with zero attached hydrogens (tertiary/aromatic N) is 3. The summed E-state index contributed by atoms with van der Waals surface area (Å²) in [6.07, 6.45) is 2.62. The van der Waals surface area contributed by atoms with Gasteiger partial charge in [-0.25, -0.2) is 15.0 Å². The van der Waals surface area contributed by atoms with Crippen molar-refractivity contribution in [3.8, 4) is 17.2 Å². The summed E-state index contributed by atoms with van der Waals surface area (Å²) in [7, 11) is -2.57. The number of benzene rings is 1. The molecule has 2 heterocycles. The van der Waals surface area contributed by atoms with Crippen LogP contribution in [0.5, 0.6) is 17.2 Å². The first-order valence-electron chi connectivity index (χ1n) is 8.72. The number of rotatable bonds is 7. The van der Waals surface area contributed by atoms with Crippen LogP contribution in [-0.2, 0) is 10.0 Å². The van der Waals surface area contributed by atoms with Gasteiger partial charge in [-0.1, -0.05) is 43.1 Å². The Morgan fingerprint density at radius 3 is 2.47 bits per heavy atom. The topological polar surface area (TPSA) is 103 Å². The third-order valence-corrected chi connectivity index (χ3v) is 5.88. The van der Waals surface area contributed by atoms with Crippen LogP contribution in [0, 0.1) is 0 Å². The van der Waals surface area contributed by atoms with E-state index in [1.165, 1.54) is 25.4 Å². The molecule has 0 bridgehead atoms. The van der Waals surface area contributed by atoms with Crippen LogP contribution in [0.25, 0.3) is 0 Å². The molecule has 3 rings (SSSR count). The van der Waals surface area contributed by atoms with Gasteiger partial charge < -0.3 is 9.47 Å². The second-order valence-electron chi connectivity index (χ2n) is 6.43. The number of sulfonamides is 1. The van der Waals surface area contributed by atoms with Crippen molar-refractivity contribution in [2.24, 2.45) is 0 Å². The predicted octanol–water partition coefficient (Wildman–Crippen LogP) is 4.90. The molecule has 158 valence electrons. The number of halogens is 2. The molecule has 0 aliphatic heterocycles. The fourth-order valence-corrected chi connectivity index (χ4v) is 3.66. The zero-order valence-electron chi connectivity index (χ0n) is 16.3. The molecular weight excluding hydrogens is 451 g/mol. The second kappa shape index (κ2) is 9.03. The van der Waals surface area contributed by atoms with E-state index in [1.807, 2.05) is 13.8 Å². The number of nitrogens with one attached hydrogen (secondary N) is 1. The van der Waals surface area contributed by atoms with E-state index in [-0.39, 0.29) is 38.4 Å². The van der Waals surface area contributed by atoms with Crippen LogP contribution < -0.4 is 14.2 Å². The van der Waals surface area contributed by atoms with Gasteiger partial charge in [0.15, 0.2) is 16.0 Å². The van der Waals surface area contributed by atoms with Gasteiger partial charge in [-0.2, -0.15) is 8.42 Å². The maximum Gasteiger partial charge on any atom is 0.280 e. The molecule has 0 unspecified atom stereocenters. The maximum absolute atomic E-state index is 12.8. The molecule has 1 aromatic carbocycles. The highest BCUT2D eigenvalue weighted by Crippen LogP contribution is 2.38. The van der Waals surface area contributed by atoms with E-state index in [0.717, 1.165) is 11.9 Å². The Labute approximate surface area is 184 Å². The number of anilines is 1. The van der Waals surface area contributed by atoms with Gasteiger partial charge in [0.1, 0.15) is 17.8 Å². The van der Waals surface area contributed by atoms with E-state index in [2.05, 4.69) is 19.7 Å². The Bertz CT molecular complexity index is 1160. The van der Waals surface area contributed by atoms with Crippen LogP contribution in [0.3, 0.4) is 0 Å². The fraction of sp³-hybridized carbons (Fsp3) is 0.211. The molecular formula is C19H18Cl2N4O4S. The van der Waals surface area contributed by atoms with E-state index in [0.29, 0.717) is 5.75 Å². The minimum Gasteiger partial charge on any atom is -0.497 e. The first-order chi connectivity index (χ1) is 14.2. The third-order valence-electron chi connectivity index (χ3n) is 4.04. The summed E-state index contributed by atoms with van der Waals surface area (Å²) in [4.78, 5) is 11.8. The summed E-state index contributed by atoms with van der Waals surface area (Å²) in [5.41, 5.74) is 0.913. The largest absolute Gasteiger partial charge is 0.497 e. The minimum atomic E-state index is -4.06. The molecule has 0 aliphatic rings. The van der Waals surface area contributed by atoms with Crippen molar-refractivity contribution in [1.82, 2.24) is 15.0 Å². The molecule has 0 atom stereocenters. The van der Waals surface area contributed by atoms with Crippen molar-refractivity contribution < 1.29 is 17.9 Å². The molecule has 0 fully saturated rings. The van der Waals surface area contributed by atoms with Crippen LogP contribution in [0.2, 0.25) is 10.2 Å². The van der Waals surface area contributed by atoms with Crippen molar-refractivity contribution in [1.29, 1.82) is 0 Å². The van der Waals surface area contributed by atoms with Crippen LogP contribution in [0.4, 0.5) is 5.82 Å². The molecule has 8 nitrogen and oxygen atoms in total. The third kappa shape index (κ3) is 4.92. The van der Waals surface area contributed by atoms with Crippen LogP contribution >= 0.6 is 23.2 Å². The molecule has 2 aromatic heterocycles. The Morgan fingerprint density at radius 1 is 1.07 bits per heavy atom. The van der Waals surface area contributed by atoms with Crippen LogP contribution in [0.15, 0.2) is 47.9 Å². The molecule has 1 N–H and O–H groups in total. The SMILES string of the molecule is COc1ccc(Cl)c(Oc2c(Cl)ncnc2NS(=O)(=O)c2ccc(C(C)C)cn2)c1. The lowest BCUT2D eigenvalue weighted by Gasteiger charge is -2.14. The Balaban J connectivity index is 1.95. The van der Waals surface area contributed by atoms with Gasteiger partial charge in [-0.15, -0.1) is 0 Å². The van der Waals surface area contributed by atoms with Gasteiger partial charge >= 0.3 is 0 Å². The average Bonchev–Trinajstić information content (AvgIpc) is 2.71. The van der Waals surface area contributed by atoms with Gasteiger partial charge in [-0.05, 0) is 29.7 Å². The van der Waals surface area contributed by atoms with Crippen molar-refractivity contribution in [3.05, 3.63) is 58.6 Å². The van der Waals surface area contributed by atoms with Crippen molar-refractivity contribution in [2.75, 3.05) is 11.8 Å². The average molecular weight is 469 g/mol. The summed E-state index contributed by atoms with van der Waals surface area (Å²) >= 11 is 12.3. The molecule has 0 spiro atoms. The van der Waals surface area contributed by atoms with Gasteiger partial charge in [0.25, 0.3) is 10.0 Å². The predicted molar refractivity (Wildman–Crippen MR) is 114 cm³/mol. The molecule has 0 aliphatic carbocycles. The zero-order valence-corrected chi connectivity index (χ0v) is 18.6. The molecule has 0 radical (unpaired) electrons. The van der Waals surface area contributed by atoms with E-state index < -0.39 is 10.0 Å².